The number of fused-ring (bicyclic) bond motifs is 2. The fraction of sp³-hybridized carbons (Fsp3) is 0.800. The van der Waals surface area contributed by atoms with Gasteiger partial charge in [-0.25, -0.2) is 0 Å². The van der Waals surface area contributed by atoms with Crippen LogP contribution in [0.5, 0.6) is 23.0 Å². The lowest BCUT2D eigenvalue weighted by Crippen LogP contribution is -2.23. The van der Waals surface area contributed by atoms with Crippen molar-refractivity contribution in [2.45, 2.75) is 490 Å². The molecule has 0 aromatic heterocycles. The molecule has 0 heterocycles. The van der Waals surface area contributed by atoms with Crippen molar-refractivity contribution in [1.82, 2.24) is 0 Å². The van der Waals surface area contributed by atoms with E-state index in [-0.39, 0.29) is 0 Å². The lowest BCUT2D eigenvalue weighted by molar-refractivity contribution is 0.258. The molecule has 1 aliphatic carbocycles. The zero-order chi connectivity index (χ0) is 73.7. The molecule has 2 aromatic rings. The third-order valence-corrected chi connectivity index (χ3v) is 22.1. The van der Waals surface area contributed by atoms with Gasteiger partial charge in [-0.1, -0.05) is 487 Å². The van der Waals surface area contributed by atoms with E-state index in [0.29, 0.717) is 26.4 Å². The Balaban J connectivity index is 1.66. The van der Waals surface area contributed by atoms with E-state index in [0.717, 1.165) is 69.6 Å². The highest BCUT2D eigenvalue weighted by atomic mass is 16.5. The van der Waals surface area contributed by atoms with Crippen LogP contribution < -0.4 is 39.8 Å². The third kappa shape index (κ3) is 58.0. The molecule has 4 heteroatoms. The predicted octanol–water partition coefficient (Wildman–Crippen LogP) is 30.3. The van der Waals surface area contributed by atoms with E-state index < -0.39 is 0 Å². The second-order valence-electron chi connectivity index (χ2n) is 32.1. The van der Waals surface area contributed by atoms with Crippen molar-refractivity contribution >= 4 is 22.9 Å². The van der Waals surface area contributed by atoms with Crippen LogP contribution in [0.25, 0.3) is 22.9 Å². The van der Waals surface area contributed by atoms with Crippen molar-refractivity contribution in [3.63, 3.8) is 0 Å². The second kappa shape index (κ2) is 75.7. The SMILES string of the molecule is CCCCCCCCCCCCCCCCCCCCOc1cc2c(cc1OCCCCCCCCCCCCCCCCCCCC)=C=C=C=C=c1cc(OCCCCCCCCCCCCCCCCCCCC)c(OCCCCCCCCCCCCCCCCCCCC)cc1=C=C=C=C=2. The first kappa shape index (κ1) is 94.1. The molecule has 0 unspecified atom stereocenters. The maximum Gasteiger partial charge on any atom is 0.162 e. The first-order valence-electron chi connectivity index (χ1n) is 46.6. The highest BCUT2D eigenvalue weighted by molar-refractivity contribution is 5.47. The van der Waals surface area contributed by atoms with E-state index >= 15 is 0 Å². The van der Waals surface area contributed by atoms with Crippen molar-refractivity contribution < 1.29 is 18.9 Å². The molecular formula is C100H168O4. The quantitative estimate of drug-likeness (QED) is 0.0417. The molecule has 0 fully saturated rings. The molecule has 592 valence electrons. The van der Waals surface area contributed by atoms with E-state index in [1.165, 1.54) is 437 Å². The van der Waals surface area contributed by atoms with E-state index in [1.54, 1.807) is 0 Å². The molecule has 3 rings (SSSR count). The molecule has 0 atom stereocenters. The van der Waals surface area contributed by atoms with Crippen molar-refractivity contribution in [2.24, 2.45) is 0 Å². The number of hydrogen-bond donors (Lipinski definition) is 0. The summed E-state index contributed by atoms with van der Waals surface area (Å²) in [7, 11) is 0. The van der Waals surface area contributed by atoms with Gasteiger partial charge in [0.1, 0.15) is 0 Å². The largest absolute Gasteiger partial charge is 0.490 e. The van der Waals surface area contributed by atoms with Gasteiger partial charge in [0.25, 0.3) is 0 Å². The average Bonchev–Trinajstić information content (AvgIpc) is 0.830. The number of benzene rings is 2. The number of ether oxygens (including phenoxy) is 4. The monoisotopic (exact) mass is 1430 g/mol. The standard InChI is InChI=1S/C100H168O4/c1-5-9-13-17-21-25-29-33-37-41-45-49-53-57-61-65-69-77-85-101-97-89-93-81-73-74-83-95-91-99(103-87-79-71-67-63-59-55-51-47-43-39-35-31-27-23-19-15-11-7-3)100(104-88-80-72-68-64-60-56-52-48-44-40-36-32-28-24-20-16-12-8-4)92-96(95)84-76-75-82-94(93)90-98(97)102-86-78-70-66-62-58-54-50-46-42-38-34-30-26-22-18-14-10-6-2/h89-92H,5-72,77-80,85-88H2,1-4H3. The van der Waals surface area contributed by atoms with E-state index in [4.69, 9.17) is 18.9 Å². The second-order valence-corrected chi connectivity index (χ2v) is 32.1. The molecule has 1 aliphatic rings. The fourth-order valence-corrected chi connectivity index (χ4v) is 15.1. The summed E-state index contributed by atoms with van der Waals surface area (Å²) in [6, 6.07) is 8.17. The molecule has 0 radical (unpaired) electrons. The maximum atomic E-state index is 6.63. The minimum absolute atomic E-state index is 0.656. The molecule has 0 amide bonds. The van der Waals surface area contributed by atoms with Gasteiger partial charge >= 0.3 is 0 Å². The number of rotatable bonds is 80. The van der Waals surface area contributed by atoms with Gasteiger partial charge in [-0.15, -0.1) is 0 Å². The van der Waals surface area contributed by atoms with Gasteiger partial charge in [0.15, 0.2) is 23.0 Å². The Morgan fingerprint density at radius 1 is 0.154 bits per heavy atom. The normalized spacial score (nSPS) is 11.5. The van der Waals surface area contributed by atoms with Gasteiger partial charge < -0.3 is 18.9 Å². The summed E-state index contributed by atoms with van der Waals surface area (Å²) >= 11 is 0. The molecular weight excluding hydrogens is 1270 g/mol. The van der Waals surface area contributed by atoms with Crippen LogP contribution in [0.2, 0.25) is 0 Å². The maximum absolute atomic E-state index is 6.63. The lowest BCUT2D eigenvalue weighted by atomic mass is 10.0. The summed E-state index contributed by atoms with van der Waals surface area (Å²) in [5, 5.41) is 3.16. The number of unbranched alkanes of at least 4 members (excludes halogenated alkanes) is 68. The van der Waals surface area contributed by atoms with Crippen LogP contribution in [0.4, 0.5) is 0 Å². The molecule has 0 saturated heterocycles. The molecule has 0 spiro atoms. The van der Waals surface area contributed by atoms with Gasteiger partial charge in [0.2, 0.25) is 0 Å². The highest BCUT2D eigenvalue weighted by Gasteiger charge is 2.11. The van der Waals surface area contributed by atoms with Crippen molar-refractivity contribution in [3.8, 4) is 23.0 Å². The summed E-state index contributed by atoms with van der Waals surface area (Å²) in [5.41, 5.74) is 26.5. The Labute approximate surface area is 645 Å². The predicted molar refractivity (Wildman–Crippen MR) is 456 cm³/mol. The Kier molecular flexibility index (Phi) is 68.5. The van der Waals surface area contributed by atoms with Crippen LogP contribution in [0.1, 0.15) is 490 Å². The van der Waals surface area contributed by atoms with Gasteiger partial charge in [-0.05, 0) is 48.6 Å². The number of hydrogen-bond acceptors (Lipinski definition) is 4. The molecule has 2 aromatic carbocycles. The van der Waals surface area contributed by atoms with Gasteiger partial charge in [0.05, 0.1) is 26.4 Å². The zero-order valence-corrected chi connectivity index (χ0v) is 69.7. The van der Waals surface area contributed by atoms with E-state index in [1.807, 2.05) is 24.3 Å². The third-order valence-electron chi connectivity index (χ3n) is 22.1. The average molecular weight is 1430 g/mol. The summed E-state index contributed by atoms with van der Waals surface area (Å²) in [6.45, 7) is 11.9. The van der Waals surface area contributed by atoms with Gasteiger partial charge in [-0.3, -0.25) is 0 Å². The fourth-order valence-electron chi connectivity index (χ4n) is 15.1. The summed E-state index contributed by atoms with van der Waals surface area (Å²) < 4.78 is 26.5. The van der Waals surface area contributed by atoms with Crippen LogP contribution in [-0.2, 0) is 0 Å². The molecule has 104 heavy (non-hydrogen) atoms. The van der Waals surface area contributed by atoms with Crippen LogP contribution >= 0.6 is 0 Å². The van der Waals surface area contributed by atoms with E-state index in [9.17, 15) is 0 Å². The Morgan fingerprint density at radius 3 is 0.375 bits per heavy atom. The highest BCUT2D eigenvalue weighted by Crippen LogP contribution is 2.27. The van der Waals surface area contributed by atoms with Gasteiger partial charge in [0, 0.05) is 45.1 Å². The van der Waals surface area contributed by atoms with Crippen molar-refractivity contribution in [1.29, 1.82) is 0 Å². The van der Waals surface area contributed by atoms with Crippen LogP contribution in [0.15, 0.2) is 47.2 Å². The molecule has 0 aliphatic heterocycles. The van der Waals surface area contributed by atoms with Crippen LogP contribution in [-0.4, -0.2) is 26.4 Å². The summed E-state index contributed by atoms with van der Waals surface area (Å²) in [4.78, 5) is 0. The topological polar surface area (TPSA) is 36.9 Å². The van der Waals surface area contributed by atoms with E-state index in [2.05, 4.69) is 73.5 Å². The lowest BCUT2D eigenvalue weighted by Gasteiger charge is -2.13. The molecule has 0 saturated carbocycles. The van der Waals surface area contributed by atoms with Crippen molar-refractivity contribution in [2.75, 3.05) is 26.4 Å². The smallest absolute Gasteiger partial charge is 0.162 e. The van der Waals surface area contributed by atoms with Crippen LogP contribution in [0.3, 0.4) is 0 Å². The van der Waals surface area contributed by atoms with Crippen LogP contribution in [0, 0.1) is 0 Å². The minimum atomic E-state index is 0.656. The zero-order valence-electron chi connectivity index (χ0n) is 69.7. The minimum Gasteiger partial charge on any atom is -0.490 e. The molecule has 4 nitrogen and oxygen atoms in total. The Hall–Kier alpha value is -4.12. The van der Waals surface area contributed by atoms with Gasteiger partial charge in [-0.2, -0.15) is 0 Å². The molecule has 0 N–H and O–H groups in total. The molecule has 0 bridgehead atoms. The summed E-state index contributed by atoms with van der Waals surface area (Å²) in [6.07, 6.45) is 98.2. The van der Waals surface area contributed by atoms with Crippen molar-refractivity contribution in [3.05, 3.63) is 68.1 Å². The Bertz CT molecular complexity index is 2380. The Morgan fingerprint density at radius 2 is 0.260 bits per heavy atom. The summed E-state index contributed by atoms with van der Waals surface area (Å²) in [5.74, 6) is 3.00. The first-order chi connectivity index (χ1) is 51.7. The first-order valence-corrected chi connectivity index (χ1v) is 46.6.